The first-order chi connectivity index (χ1) is 13.7. The van der Waals surface area contributed by atoms with E-state index in [0.717, 1.165) is 18.5 Å². The van der Waals surface area contributed by atoms with E-state index in [4.69, 9.17) is 4.42 Å². The normalized spacial score (nSPS) is 21.7. The zero-order valence-electron chi connectivity index (χ0n) is 15.4. The van der Waals surface area contributed by atoms with E-state index in [2.05, 4.69) is 38.1 Å². The Balaban J connectivity index is 1.20. The minimum absolute atomic E-state index is 0.0366. The second-order valence-electron chi connectivity index (χ2n) is 7.57. The molecule has 2 atom stereocenters. The van der Waals surface area contributed by atoms with Crippen LogP contribution in [0.5, 0.6) is 0 Å². The van der Waals surface area contributed by atoms with Gasteiger partial charge in [-0.2, -0.15) is 0 Å². The lowest BCUT2D eigenvalue weighted by molar-refractivity contribution is 0.0905. The number of oxazole rings is 1. The van der Waals surface area contributed by atoms with Gasteiger partial charge in [-0.25, -0.2) is 4.98 Å². The van der Waals surface area contributed by atoms with Gasteiger partial charge in [-0.3, -0.25) is 9.48 Å². The third kappa shape index (κ3) is 3.68. The van der Waals surface area contributed by atoms with Crippen molar-refractivity contribution in [2.24, 2.45) is 0 Å². The minimum Gasteiger partial charge on any atom is -0.432 e. The van der Waals surface area contributed by atoms with Crippen LogP contribution in [0.25, 0.3) is 11.3 Å². The van der Waals surface area contributed by atoms with E-state index in [0.29, 0.717) is 18.2 Å². The molecule has 1 aliphatic carbocycles. The highest BCUT2D eigenvalue weighted by molar-refractivity contribution is 5.90. The maximum atomic E-state index is 12.5. The summed E-state index contributed by atoms with van der Waals surface area (Å²) >= 11 is 0. The van der Waals surface area contributed by atoms with E-state index in [1.54, 1.807) is 17.1 Å². The van der Waals surface area contributed by atoms with Crippen LogP contribution in [0, 0.1) is 0 Å². The molecule has 1 aromatic carbocycles. The van der Waals surface area contributed by atoms with Crippen molar-refractivity contribution in [2.45, 2.75) is 43.8 Å². The van der Waals surface area contributed by atoms with E-state index >= 15 is 0 Å². The number of carbonyl (C=O) groups excluding carboxylic acids is 1. The molecule has 1 aliphatic heterocycles. The van der Waals surface area contributed by atoms with Crippen LogP contribution in [-0.4, -0.2) is 44.5 Å². The van der Waals surface area contributed by atoms with Crippen molar-refractivity contribution < 1.29 is 9.21 Å². The van der Waals surface area contributed by atoms with E-state index in [-0.39, 0.29) is 23.9 Å². The summed E-state index contributed by atoms with van der Waals surface area (Å²) in [6, 6.07) is 8.59. The molecule has 28 heavy (non-hydrogen) atoms. The molecule has 1 saturated carbocycles. The molecule has 1 amide bonds. The summed E-state index contributed by atoms with van der Waals surface area (Å²) in [5.41, 5.74) is 2.29. The summed E-state index contributed by atoms with van der Waals surface area (Å²) in [7, 11) is 0. The van der Waals surface area contributed by atoms with Crippen LogP contribution in [0.1, 0.15) is 41.4 Å². The third-order valence-corrected chi connectivity index (χ3v) is 5.36. The van der Waals surface area contributed by atoms with Crippen LogP contribution in [-0.2, 0) is 6.54 Å². The maximum Gasteiger partial charge on any atom is 0.307 e. The Morgan fingerprint density at radius 2 is 2.29 bits per heavy atom. The van der Waals surface area contributed by atoms with Gasteiger partial charge >= 0.3 is 5.91 Å². The quantitative estimate of drug-likeness (QED) is 0.681. The minimum atomic E-state index is -0.280. The van der Waals surface area contributed by atoms with Crippen molar-refractivity contribution in [3.05, 3.63) is 54.3 Å². The van der Waals surface area contributed by atoms with Gasteiger partial charge in [-0.05, 0) is 36.8 Å². The van der Waals surface area contributed by atoms with Crippen LogP contribution in [0.2, 0.25) is 0 Å². The number of amides is 1. The summed E-state index contributed by atoms with van der Waals surface area (Å²) in [4.78, 5) is 16.7. The number of nitrogens with one attached hydrogen (secondary N) is 2. The van der Waals surface area contributed by atoms with E-state index in [1.807, 2.05) is 18.3 Å². The largest absolute Gasteiger partial charge is 0.432 e. The van der Waals surface area contributed by atoms with Crippen LogP contribution < -0.4 is 10.6 Å². The molecule has 8 heteroatoms. The average Bonchev–Trinajstić information content (AvgIpc) is 3.10. The molecule has 0 spiro atoms. The molecule has 2 N–H and O–H groups in total. The topological polar surface area (TPSA) is 97.9 Å². The van der Waals surface area contributed by atoms with Crippen LogP contribution >= 0.6 is 0 Å². The molecule has 2 aliphatic rings. The number of hydrogen-bond donors (Lipinski definition) is 2. The Kier molecular flexibility index (Phi) is 4.40. The lowest BCUT2D eigenvalue weighted by atomic mass is 10.1. The van der Waals surface area contributed by atoms with E-state index in [9.17, 15) is 4.79 Å². The molecule has 3 aromatic rings. The second kappa shape index (κ2) is 7.20. The average molecular weight is 378 g/mol. The first-order valence-electron chi connectivity index (χ1n) is 9.69. The lowest BCUT2D eigenvalue weighted by Gasteiger charge is -2.11. The van der Waals surface area contributed by atoms with Crippen LogP contribution in [0.15, 0.2) is 47.3 Å². The molecule has 1 saturated heterocycles. The van der Waals surface area contributed by atoms with Gasteiger partial charge in [0, 0.05) is 30.4 Å². The molecule has 2 fully saturated rings. The smallest absolute Gasteiger partial charge is 0.307 e. The number of rotatable bonds is 6. The summed E-state index contributed by atoms with van der Waals surface area (Å²) in [6.07, 6.45) is 8.44. The highest BCUT2D eigenvalue weighted by Gasteiger charge is 2.28. The van der Waals surface area contributed by atoms with Crippen molar-refractivity contribution in [1.29, 1.82) is 0 Å². The first kappa shape index (κ1) is 17.1. The van der Waals surface area contributed by atoms with Gasteiger partial charge in [-0.15, -0.1) is 5.10 Å². The van der Waals surface area contributed by atoms with Gasteiger partial charge in [-0.1, -0.05) is 23.4 Å². The van der Waals surface area contributed by atoms with Gasteiger partial charge < -0.3 is 15.1 Å². The SMILES string of the molecule is O=C(N[C@H]1CN[C@H](Cn2ccnn2)C1)c1ncc(-c2cccc(C3CC3)c2)o1. The van der Waals surface area contributed by atoms with Gasteiger partial charge in [0.15, 0.2) is 5.76 Å². The molecule has 8 nitrogen and oxygen atoms in total. The van der Waals surface area contributed by atoms with Crippen molar-refractivity contribution in [1.82, 2.24) is 30.6 Å². The Morgan fingerprint density at radius 3 is 3.11 bits per heavy atom. The first-order valence-corrected chi connectivity index (χ1v) is 9.69. The molecular formula is C20H22N6O2. The Labute approximate surface area is 162 Å². The number of aromatic nitrogens is 4. The number of carbonyl (C=O) groups is 1. The maximum absolute atomic E-state index is 12.5. The highest BCUT2D eigenvalue weighted by Crippen LogP contribution is 2.41. The summed E-state index contributed by atoms with van der Waals surface area (Å²) in [5.74, 6) is 1.12. The predicted octanol–water partition coefficient (Wildman–Crippen LogP) is 1.97. The van der Waals surface area contributed by atoms with Crippen LogP contribution in [0.4, 0.5) is 0 Å². The second-order valence-corrected chi connectivity index (χ2v) is 7.57. The molecule has 0 unspecified atom stereocenters. The molecule has 2 aromatic heterocycles. The third-order valence-electron chi connectivity index (χ3n) is 5.36. The van der Waals surface area contributed by atoms with Gasteiger partial charge in [0.25, 0.3) is 5.89 Å². The molecule has 5 rings (SSSR count). The molecular weight excluding hydrogens is 356 g/mol. The summed E-state index contributed by atoms with van der Waals surface area (Å²) in [5, 5.41) is 14.2. The Morgan fingerprint density at radius 1 is 1.36 bits per heavy atom. The van der Waals surface area contributed by atoms with Crippen molar-refractivity contribution in [2.75, 3.05) is 6.54 Å². The van der Waals surface area contributed by atoms with Gasteiger partial charge in [0.05, 0.1) is 18.9 Å². The van der Waals surface area contributed by atoms with Crippen LogP contribution in [0.3, 0.4) is 0 Å². The monoisotopic (exact) mass is 378 g/mol. The highest BCUT2D eigenvalue weighted by atomic mass is 16.4. The fourth-order valence-corrected chi connectivity index (χ4v) is 3.75. The fraction of sp³-hybridized carbons (Fsp3) is 0.400. The van der Waals surface area contributed by atoms with E-state index < -0.39 is 0 Å². The standard InChI is InChI=1S/C20H22N6O2/c27-19(24-16-9-17(21-10-16)12-26-7-6-23-25-26)20-22-11-18(28-20)15-3-1-2-14(8-15)13-4-5-13/h1-3,6-8,11,13,16-17,21H,4-5,9-10,12H2,(H,24,27)/t16-,17+/m1/s1. The fourth-order valence-electron chi connectivity index (χ4n) is 3.75. The predicted molar refractivity (Wildman–Crippen MR) is 102 cm³/mol. The Bertz CT molecular complexity index is 963. The van der Waals surface area contributed by atoms with Crippen molar-refractivity contribution in [3.63, 3.8) is 0 Å². The molecule has 0 bridgehead atoms. The van der Waals surface area contributed by atoms with Gasteiger partial charge in [0.2, 0.25) is 0 Å². The van der Waals surface area contributed by atoms with E-state index in [1.165, 1.54) is 18.4 Å². The van der Waals surface area contributed by atoms with Crippen molar-refractivity contribution in [3.8, 4) is 11.3 Å². The summed E-state index contributed by atoms with van der Waals surface area (Å²) in [6.45, 7) is 1.44. The zero-order chi connectivity index (χ0) is 18.9. The van der Waals surface area contributed by atoms with Gasteiger partial charge in [0.1, 0.15) is 0 Å². The number of nitrogens with zero attached hydrogens (tertiary/aromatic N) is 4. The zero-order valence-corrected chi connectivity index (χ0v) is 15.4. The lowest BCUT2D eigenvalue weighted by Crippen LogP contribution is -2.36. The van der Waals surface area contributed by atoms with Crippen molar-refractivity contribution >= 4 is 5.91 Å². The molecule has 3 heterocycles. The Hall–Kier alpha value is -3.00. The number of benzene rings is 1. The molecule has 0 radical (unpaired) electrons. The number of hydrogen-bond acceptors (Lipinski definition) is 6. The molecule has 144 valence electrons. The summed E-state index contributed by atoms with van der Waals surface area (Å²) < 4.78 is 7.53.